The van der Waals surface area contributed by atoms with Gasteiger partial charge in [-0.25, -0.2) is 4.98 Å². The van der Waals surface area contributed by atoms with E-state index < -0.39 is 0 Å². The number of aromatic nitrogens is 3. The number of nitrogens with zero attached hydrogens (tertiary/aromatic N) is 2. The lowest BCUT2D eigenvalue weighted by Gasteiger charge is -1.98. The Bertz CT molecular complexity index is 679. The third-order valence-electron chi connectivity index (χ3n) is 2.89. The molecule has 0 aliphatic rings. The lowest BCUT2D eigenvalue weighted by atomic mass is 10.2. The Hall–Kier alpha value is -1.79. The smallest absolute Gasteiger partial charge is 0.194 e. The van der Waals surface area contributed by atoms with Crippen molar-refractivity contribution in [3.05, 3.63) is 29.0 Å². The fourth-order valence-corrected chi connectivity index (χ4v) is 2.69. The summed E-state index contributed by atoms with van der Waals surface area (Å²) < 4.78 is 1.94. The lowest BCUT2D eigenvalue weighted by Crippen LogP contribution is -1.96. The molecular weight excluding hydrogens is 236 g/mol. The molecule has 5 nitrogen and oxygen atoms in total. The summed E-state index contributed by atoms with van der Waals surface area (Å²) in [7, 11) is 0. The topological polar surface area (TPSA) is 79.3 Å². The van der Waals surface area contributed by atoms with Crippen LogP contribution >= 0.6 is 11.3 Å². The number of nitrogens with one attached hydrogen (secondary N) is 1. The number of rotatable bonds is 2. The molecule has 6 heteroatoms. The van der Waals surface area contributed by atoms with Crippen molar-refractivity contribution >= 4 is 16.3 Å². The number of nitrogens with two attached hydrogens (primary N) is 1. The van der Waals surface area contributed by atoms with Gasteiger partial charge < -0.3 is 15.8 Å². The van der Waals surface area contributed by atoms with E-state index in [1.165, 1.54) is 0 Å². The van der Waals surface area contributed by atoms with Crippen LogP contribution in [0, 0.1) is 6.92 Å². The molecular formula is C11H12N4OS. The molecule has 0 spiro atoms. The van der Waals surface area contributed by atoms with Crippen LogP contribution in [0.5, 0.6) is 5.75 Å². The number of aryl methyl sites for hydroxylation is 1. The van der Waals surface area contributed by atoms with Crippen LogP contribution in [-0.2, 0) is 6.54 Å². The minimum absolute atomic E-state index is 0.220. The average molecular weight is 248 g/mol. The second kappa shape index (κ2) is 3.61. The summed E-state index contributed by atoms with van der Waals surface area (Å²) in [4.78, 5) is 8.35. The maximum Gasteiger partial charge on any atom is 0.194 e. The van der Waals surface area contributed by atoms with Gasteiger partial charge in [-0.05, 0) is 6.92 Å². The van der Waals surface area contributed by atoms with Gasteiger partial charge in [-0.15, -0.1) is 11.3 Å². The van der Waals surface area contributed by atoms with Gasteiger partial charge >= 0.3 is 0 Å². The van der Waals surface area contributed by atoms with Crippen molar-refractivity contribution in [1.29, 1.82) is 0 Å². The summed E-state index contributed by atoms with van der Waals surface area (Å²) in [5.74, 6) is 0.220. The summed E-state index contributed by atoms with van der Waals surface area (Å²) >= 11 is 1.56. The van der Waals surface area contributed by atoms with E-state index in [1.807, 2.05) is 22.9 Å². The summed E-state index contributed by atoms with van der Waals surface area (Å²) in [5.41, 5.74) is 8.78. The Balaban J connectivity index is 2.26. The van der Waals surface area contributed by atoms with Gasteiger partial charge in [-0.2, -0.15) is 0 Å². The molecule has 0 aliphatic carbocycles. The number of hydrogen-bond donors (Lipinski definition) is 3. The van der Waals surface area contributed by atoms with Crippen LogP contribution in [0.4, 0.5) is 0 Å². The Morgan fingerprint density at radius 2 is 2.41 bits per heavy atom. The molecule has 4 N–H and O–H groups in total. The van der Waals surface area contributed by atoms with Crippen LogP contribution < -0.4 is 5.73 Å². The Morgan fingerprint density at radius 3 is 3.12 bits per heavy atom. The minimum atomic E-state index is 0.220. The average Bonchev–Trinajstić information content (AvgIpc) is 2.93. The Morgan fingerprint density at radius 1 is 1.59 bits per heavy atom. The third kappa shape index (κ3) is 1.38. The highest BCUT2D eigenvalue weighted by molar-refractivity contribution is 7.15. The summed E-state index contributed by atoms with van der Waals surface area (Å²) in [5, 5.41) is 12.1. The van der Waals surface area contributed by atoms with E-state index in [1.54, 1.807) is 17.5 Å². The Kier molecular flexibility index (Phi) is 2.20. The molecule has 17 heavy (non-hydrogen) atoms. The zero-order valence-corrected chi connectivity index (χ0v) is 10.1. The van der Waals surface area contributed by atoms with Crippen molar-refractivity contribution < 1.29 is 5.11 Å². The first-order chi connectivity index (χ1) is 8.22. The van der Waals surface area contributed by atoms with Crippen LogP contribution in [0.3, 0.4) is 0 Å². The highest BCUT2D eigenvalue weighted by atomic mass is 32.1. The second-order valence-electron chi connectivity index (χ2n) is 3.86. The van der Waals surface area contributed by atoms with Crippen molar-refractivity contribution in [2.45, 2.75) is 13.5 Å². The van der Waals surface area contributed by atoms with E-state index in [0.717, 1.165) is 21.9 Å². The second-order valence-corrected chi connectivity index (χ2v) is 4.73. The molecule has 0 aliphatic heterocycles. The lowest BCUT2D eigenvalue weighted by molar-refractivity contribution is 0.471. The predicted octanol–water partition coefficient (Wildman–Crippen LogP) is 1.86. The monoisotopic (exact) mass is 248 g/mol. The van der Waals surface area contributed by atoms with E-state index in [0.29, 0.717) is 12.2 Å². The normalized spacial score (nSPS) is 11.4. The molecule has 0 bridgehead atoms. The van der Waals surface area contributed by atoms with Crippen LogP contribution in [0.1, 0.15) is 11.3 Å². The molecule has 3 rings (SSSR count). The van der Waals surface area contributed by atoms with Crippen molar-refractivity contribution in [3.8, 4) is 17.1 Å². The number of aromatic hydroxyl groups is 1. The molecule has 0 radical (unpaired) electrons. The first kappa shape index (κ1) is 10.4. The minimum Gasteiger partial charge on any atom is -0.505 e. The van der Waals surface area contributed by atoms with Gasteiger partial charge in [0, 0.05) is 29.4 Å². The van der Waals surface area contributed by atoms with Crippen LogP contribution in [0.2, 0.25) is 0 Å². The van der Waals surface area contributed by atoms with Crippen LogP contribution in [-0.4, -0.2) is 19.5 Å². The van der Waals surface area contributed by atoms with Gasteiger partial charge in [0.25, 0.3) is 0 Å². The van der Waals surface area contributed by atoms with E-state index >= 15 is 0 Å². The zero-order chi connectivity index (χ0) is 12.0. The summed E-state index contributed by atoms with van der Waals surface area (Å²) in [6.45, 7) is 2.22. The molecule has 0 aromatic carbocycles. The van der Waals surface area contributed by atoms with Crippen molar-refractivity contribution in [3.63, 3.8) is 0 Å². The van der Waals surface area contributed by atoms with Gasteiger partial charge in [-0.1, -0.05) is 0 Å². The number of aromatic amines is 1. The van der Waals surface area contributed by atoms with E-state index in [4.69, 9.17) is 5.73 Å². The molecule has 3 aromatic heterocycles. The molecule has 0 saturated carbocycles. The maximum atomic E-state index is 10.1. The van der Waals surface area contributed by atoms with Crippen molar-refractivity contribution in [1.82, 2.24) is 14.4 Å². The number of hydrogen-bond acceptors (Lipinski definition) is 4. The zero-order valence-electron chi connectivity index (χ0n) is 9.27. The largest absolute Gasteiger partial charge is 0.505 e. The molecule has 0 unspecified atom stereocenters. The van der Waals surface area contributed by atoms with Crippen LogP contribution in [0.15, 0.2) is 17.8 Å². The highest BCUT2D eigenvalue weighted by Crippen LogP contribution is 2.34. The quantitative estimate of drug-likeness (QED) is 0.647. The van der Waals surface area contributed by atoms with E-state index in [2.05, 4.69) is 9.97 Å². The summed E-state index contributed by atoms with van der Waals surface area (Å²) in [6.07, 6.45) is 3.68. The fourth-order valence-electron chi connectivity index (χ4n) is 2.00. The Labute approximate surface area is 102 Å². The predicted molar refractivity (Wildman–Crippen MR) is 67.1 cm³/mol. The van der Waals surface area contributed by atoms with Gasteiger partial charge in [0.2, 0.25) is 0 Å². The first-order valence-electron chi connectivity index (χ1n) is 5.23. The standard InChI is InChI=1S/C11H12N4OS/c1-6-7(4-12)10(16)9(14-6)8-5-13-11-15(8)2-3-17-11/h2-3,5,14,16H,4,12H2,1H3. The van der Waals surface area contributed by atoms with Gasteiger partial charge in [0.15, 0.2) is 4.96 Å². The highest BCUT2D eigenvalue weighted by Gasteiger charge is 2.17. The molecule has 0 fully saturated rings. The van der Waals surface area contributed by atoms with Crippen molar-refractivity contribution in [2.75, 3.05) is 0 Å². The number of fused-ring (bicyclic) bond motifs is 1. The molecule has 3 heterocycles. The first-order valence-corrected chi connectivity index (χ1v) is 6.11. The van der Waals surface area contributed by atoms with E-state index in [9.17, 15) is 5.11 Å². The van der Waals surface area contributed by atoms with Gasteiger partial charge in [0.1, 0.15) is 11.4 Å². The number of thiazole rings is 1. The molecule has 88 valence electrons. The third-order valence-corrected chi connectivity index (χ3v) is 3.67. The van der Waals surface area contributed by atoms with E-state index in [-0.39, 0.29) is 5.75 Å². The van der Waals surface area contributed by atoms with Crippen LogP contribution in [0.25, 0.3) is 16.3 Å². The SMILES string of the molecule is Cc1[nH]c(-c2cnc3sccn23)c(O)c1CN. The maximum absolute atomic E-state index is 10.1. The molecule has 0 saturated heterocycles. The molecule has 0 amide bonds. The number of H-pyrrole nitrogens is 1. The molecule has 0 atom stereocenters. The van der Waals surface area contributed by atoms with Gasteiger partial charge in [0.05, 0.1) is 11.9 Å². The fraction of sp³-hybridized carbons (Fsp3) is 0.182. The van der Waals surface area contributed by atoms with Crippen molar-refractivity contribution in [2.24, 2.45) is 5.73 Å². The molecule has 3 aromatic rings. The van der Waals surface area contributed by atoms with Gasteiger partial charge in [-0.3, -0.25) is 4.40 Å². The summed E-state index contributed by atoms with van der Waals surface area (Å²) in [6, 6.07) is 0. The number of imidazole rings is 1.